The average molecular weight is 277 g/mol. The predicted molar refractivity (Wildman–Crippen MR) is 86.8 cm³/mol. The minimum absolute atomic E-state index is 0.144. The third kappa shape index (κ3) is 7.66. The second kappa shape index (κ2) is 8.43. The monoisotopic (exact) mass is 277 g/mol. The van der Waals surface area contributed by atoms with Gasteiger partial charge in [-0.3, -0.25) is 0 Å². The lowest BCUT2D eigenvalue weighted by atomic mass is 10.1. The standard InChI is InChI=1S/C18H31NO/c1-15(2)9-8-12-20-14-17-11-7-6-10-16(17)13-19-18(3,4)5/h6-7,10-11,15,19H,8-9,12-14H2,1-5H3. The Hall–Kier alpha value is -0.860. The summed E-state index contributed by atoms with van der Waals surface area (Å²) in [5, 5.41) is 3.54. The van der Waals surface area contributed by atoms with E-state index in [9.17, 15) is 0 Å². The van der Waals surface area contributed by atoms with Crippen molar-refractivity contribution in [2.24, 2.45) is 5.92 Å². The highest BCUT2D eigenvalue weighted by Gasteiger charge is 2.10. The van der Waals surface area contributed by atoms with Gasteiger partial charge < -0.3 is 10.1 Å². The summed E-state index contributed by atoms with van der Waals surface area (Å²) < 4.78 is 5.81. The molecule has 0 fully saturated rings. The van der Waals surface area contributed by atoms with Crippen LogP contribution in [-0.4, -0.2) is 12.1 Å². The molecule has 2 heteroatoms. The summed E-state index contributed by atoms with van der Waals surface area (Å²) in [5.41, 5.74) is 2.78. The van der Waals surface area contributed by atoms with E-state index in [0.717, 1.165) is 32.1 Å². The topological polar surface area (TPSA) is 21.3 Å². The number of rotatable bonds is 8. The zero-order chi connectivity index (χ0) is 15.0. The Morgan fingerprint density at radius 1 is 1.10 bits per heavy atom. The molecule has 1 aromatic rings. The Bertz CT molecular complexity index is 379. The first-order valence-electron chi connectivity index (χ1n) is 7.78. The van der Waals surface area contributed by atoms with Gasteiger partial charge in [-0.15, -0.1) is 0 Å². The van der Waals surface area contributed by atoms with Crippen molar-refractivity contribution < 1.29 is 4.74 Å². The second-order valence-electron chi connectivity index (χ2n) is 6.96. The van der Waals surface area contributed by atoms with Crippen LogP contribution < -0.4 is 5.32 Å². The lowest BCUT2D eigenvalue weighted by Crippen LogP contribution is -2.35. The van der Waals surface area contributed by atoms with Gasteiger partial charge in [0.2, 0.25) is 0 Å². The fourth-order valence-corrected chi connectivity index (χ4v) is 2.01. The number of hydrogen-bond donors (Lipinski definition) is 1. The fourth-order valence-electron chi connectivity index (χ4n) is 2.01. The van der Waals surface area contributed by atoms with Gasteiger partial charge in [0.05, 0.1) is 6.61 Å². The normalized spacial score (nSPS) is 12.1. The molecule has 0 bridgehead atoms. The van der Waals surface area contributed by atoms with Gasteiger partial charge >= 0.3 is 0 Å². The molecule has 0 heterocycles. The molecule has 2 nitrogen and oxygen atoms in total. The van der Waals surface area contributed by atoms with Crippen LogP contribution in [0, 0.1) is 5.92 Å². The van der Waals surface area contributed by atoms with Crippen LogP contribution in [0.4, 0.5) is 0 Å². The zero-order valence-electron chi connectivity index (χ0n) is 13.8. The van der Waals surface area contributed by atoms with Crippen LogP contribution in [0.2, 0.25) is 0 Å². The van der Waals surface area contributed by atoms with E-state index in [1.807, 2.05) is 0 Å². The van der Waals surface area contributed by atoms with Gasteiger partial charge in [-0.25, -0.2) is 0 Å². The van der Waals surface area contributed by atoms with E-state index in [4.69, 9.17) is 4.74 Å². The summed E-state index contributed by atoms with van der Waals surface area (Å²) in [6, 6.07) is 8.54. The molecule has 1 aromatic carbocycles. The van der Waals surface area contributed by atoms with Crippen molar-refractivity contribution in [1.82, 2.24) is 5.32 Å². The summed E-state index contributed by atoms with van der Waals surface area (Å²) in [7, 11) is 0. The van der Waals surface area contributed by atoms with Crippen molar-refractivity contribution in [2.45, 2.75) is 66.2 Å². The van der Waals surface area contributed by atoms with Gasteiger partial charge in [0.1, 0.15) is 0 Å². The molecule has 1 N–H and O–H groups in total. The molecule has 0 spiro atoms. The van der Waals surface area contributed by atoms with Gasteiger partial charge in [-0.1, -0.05) is 38.1 Å². The summed E-state index contributed by atoms with van der Waals surface area (Å²) in [5.74, 6) is 0.766. The Kier molecular flexibility index (Phi) is 7.25. The molecule has 20 heavy (non-hydrogen) atoms. The maximum Gasteiger partial charge on any atom is 0.0720 e. The molecule has 0 radical (unpaired) electrons. The third-order valence-corrected chi connectivity index (χ3v) is 3.26. The first-order valence-corrected chi connectivity index (χ1v) is 7.78. The van der Waals surface area contributed by atoms with Crippen LogP contribution in [0.15, 0.2) is 24.3 Å². The quantitative estimate of drug-likeness (QED) is 0.705. The predicted octanol–water partition coefficient (Wildman–Crippen LogP) is 4.53. The molecule has 114 valence electrons. The van der Waals surface area contributed by atoms with Crippen molar-refractivity contribution >= 4 is 0 Å². The molecule has 0 aliphatic carbocycles. The van der Waals surface area contributed by atoms with Crippen molar-refractivity contribution in [3.8, 4) is 0 Å². The van der Waals surface area contributed by atoms with E-state index in [1.165, 1.54) is 17.5 Å². The molecule has 0 atom stereocenters. The first kappa shape index (κ1) is 17.2. The largest absolute Gasteiger partial charge is 0.377 e. The summed E-state index contributed by atoms with van der Waals surface area (Å²) >= 11 is 0. The van der Waals surface area contributed by atoms with E-state index in [1.54, 1.807) is 0 Å². The SMILES string of the molecule is CC(C)CCCOCc1ccccc1CNC(C)(C)C. The van der Waals surface area contributed by atoms with Crippen LogP contribution in [-0.2, 0) is 17.9 Å². The van der Waals surface area contributed by atoms with Crippen LogP contribution in [0.5, 0.6) is 0 Å². The van der Waals surface area contributed by atoms with Crippen molar-refractivity contribution in [3.63, 3.8) is 0 Å². The van der Waals surface area contributed by atoms with E-state index in [0.29, 0.717) is 0 Å². The smallest absolute Gasteiger partial charge is 0.0720 e. The highest BCUT2D eigenvalue weighted by molar-refractivity contribution is 5.26. The zero-order valence-corrected chi connectivity index (χ0v) is 13.8. The molecule has 0 unspecified atom stereocenters. The van der Waals surface area contributed by atoms with Gasteiger partial charge in [-0.05, 0) is 50.7 Å². The first-order chi connectivity index (χ1) is 9.38. The fraction of sp³-hybridized carbons (Fsp3) is 0.667. The van der Waals surface area contributed by atoms with Crippen molar-refractivity contribution in [1.29, 1.82) is 0 Å². The maximum atomic E-state index is 5.81. The summed E-state index contributed by atoms with van der Waals surface area (Å²) in [4.78, 5) is 0. The number of nitrogens with one attached hydrogen (secondary N) is 1. The van der Waals surface area contributed by atoms with Crippen LogP contribution >= 0.6 is 0 Å². The molecule has 0 aliphatic heterocycles. The number of hydrogen-bond acceptors (Lipinski definition) is 2. The van der Waals surface area contributed by atoms with Crippen LogP contribution in [0.1, 0.15) is 58.6 Å². The number of ether oxygens (including phenoxy) is 1. The van der Waals surface area contributed by atoms with Crippen molar-refractivity contribution in [2.75, 3.05) is 6.61 Å². The van der Waals surface area contributed by atoms with Gasteiger partial charge in [0, 0.05) is 18.7 Å². The average Bonchev–Trinajstić information content (AvgIpc) is 2.36. The maximum absolute atomic E-state index is 5.81. The molecule has 0 aromatic heterocycles. The van der Waals surface area contributed by atoms with E-state index < -0.39 is 0 Å². The Morgan fingerprint density at radius 3 is 2.35 bits per heavy atom. The highest BCUT2D eigenvalue weighted by Crippen LogP contribution is 2.12. The molecule has 0 saturated heterocycles. The third-order valence-electron chi connectivity index (χ3n) is 3.26. The lowest BCUT2D eigenvalue weighted by Gasteiger charge is -2.21. The molecular weight excluding hydrogens is 246 g/mol. The summed E-state index contributed by atoms with van der Waals surface area (Å²) in [6.07, 6.45) is 2.40. The molecule has 0 amide bonds. The molecule has 1 rings (SSSR count). The minimum atomic E-state index is 0.144. The van der Waals surface area contributed by atoms with E-state index in [-0.39, 0.29) is 5.54 Å². The molecule has 0 saturated carbocycles. The lowest BCUT2D eigenvalue weighted by molar-refractivity contribution is 0.114. The Morgan fingerprint density at radius 2 is 1.75 bits per heavy atom. The van der Waals surface area contributed by atoms with Crippen LogP contribution in [0.3, 0.4) is 0 Å². The Labute approximate surface area is 124 Å². The van der Waals surface area contributed by atoms with Crippen molar-refractivity contribution in [3.05, 3.63) is 35.4 Å². The second-order valence-corrected chi connectivity index (χ2v) is 6.96. The summed E-state index contributed by atoms with van der Waals surface area (Å²) in [6.45, 7) is 13.6. The van der Waals surface area contributed by atoms with Gasteiger partial charge in [-0.2, -0.15) is 0 Å². The van der Waals surface area contributed by atoms with E-state index in [2.05, 4.69) is 64.2 Å². The van der Waals surface area contributed by atoms with Gasteiger partial charge in [0.25, 0.3) is 0 Å². The number of benzene rings is 1. The van der Waals surface area contributed by atoms with Gasteiger partial charge in [0.15, 0.2) is 0 Å². The minimum Gasteiger partial charge on any atom is -0.377 e. The molecular formula is C18H31NO. The Balaban J connectivity index is 2.41. The highest BCUT2D eigenvalue weighted by atomic mass is 16.5. The molecule has 0 aliphatic rings. The van der Waals surface area contributed by atoms with E-state index >= 15 is 0 Å². The van der Waals surface area contributed by atoms with Crippen LogP contribution in [0.25, 0.3) is 0 Å².